The Kier molecular flexibility index (Phi) is 11.8. The van der Waals surface area contributed by atoms with Gasteiger partial charge in [0.1, 0.15) is 5.75 Å². The number of methoxy groups -OCH3 is 1. The average Bonchev–Trinajstić information content (AvgIpc) is 2.67. The van der Waals surface area contributed by atoms with Crippen LogP contribution in [0.5, 0.6) is 5.75 Å². The molecule has 160 valence electrons. The van der Waals surface area contributed by atoms with Crippen LogP contribution in [-0.4, -0.2) is 87.7 Å². The van der Waals surface area contributed by atoms with Crippen LogP contribution < -0.4 is 10.1 Å². The monoisotopic (exact) mass is 503 g/mol. The second-order valence-corrected chi connectivity index (χ2v) is 7.57. The van der Waals surface area contributed by atoms with Crippen molar-refractivity contribution in [1.29, 1.82) is 0 Å². The van der Waals surface area contributed by atoms with Crippen LogP contribution in [0.1, 0.15) is 19.4 Å². The van der Waals surface area contributed by atoms with Gasteiger partial charge in [0.15, 0.2) is 5.96 Å². The van der Waals surface area contributed by atoms with Crippen molar-refractivity contribution in [3.8, 4) is 5.75 Å². The number of halogens is 1. The predicted molar refractivity (Wildman–Crippen MR) is 129 cm³/mol. The maximum atomic E-state index is 5.48. The molecule has 1 aromatic carbocycles. The molecule has 1 N–H and O–H groups in total. The number of hydrogen-bond donors (Lipinski definition) is 1. The van der Waals surface area contributed by atoms with Crippen LogP contribution in [-0.2, 0) is 6.54 Å². The van der Waals surface area contributed by atoms with E-state index in [4.69, 9.17) is 9.73 Å². The molecule has 0 spiro atoms. The van der Waals surface area contributed by atoms with Gasteiger partial charge in [-0.1, -0.05) is 25.1 Å². The smallest absolute Gasteiger partial charge is 0.193 e. The van der Waals surface area contributed by atoms with Crippen molar-refractivity contribution in [2.24, 2.45) is 10.9 Å². The number of benzene rings is 1. The van der Waals surface area contributed by atoms with Gasteiger partial charge in [-0.3, -0.25) is 4.99 Å². The van der Waals surface area contributed by atoms with Gasteiger partial charge in [-0.25, -0.2) is 0 Å². The highest BCUT2D eigenvalue weighted by atomic mass is 127. The van der Waals surface area contributed by atoms with E-state index in [1.807, 2.05) is 18.2 Å². The van der Waals surface area contributed by atoms with Crippen LogP contribution >= 0.6 is 24.0 Å². The summed E-state index contributed by atoms with van der Waals surface area (Å²) in [6, 6.07) is 8.16. The quantitative estimate of drug-likeness (QED) is 0.336. The van der Waals surface area contributed by atoms with Gasteiger partial charge in [-0.05, 0) is 26.0 Å². The molecule has 1 aliphatic heterocycles. The summed E-state index contributed by atoms with van der Waals surface area (Å²) < 4.78 is 5.48. The predicted octanol–water partition coefficient (Wildman–Crippen LogP) is 2.59. The van der Waals surface area contributed by atoms with Crippen molar-refractivity contribution in [2.75, 3.05) is 67.0 Å². The first kappa shape index (κ1) is 25.0. The SMILES string of the molecule is CCNC(=NCC(C)CN1CCN(C)CC1)N(C)Cc1ccccc1OC.I. The van der Waals surface area contributed by atoms with E-state index >= 15 is 0 Å². The van der Waals surface area contributed by atoms with Gasteiger partial charge in [-0.15, -0.1) is 24.0 Å². The number of hydrogen-bond acceptors (Lipinski definition) is 4. The van der Waals surface area contributed by atoms with Gasteiger partial charge in [0.05, 0.1) is 7.11 Å². The number of nitrogens with one attached hydrogen (secondary N) is 1. The van der Waals surface area contributed by atoms with Crippen LogP contribution in [0.4, 0.5) is 0 Å². The summed E-state index contributed by atoms with van der Waals surface area (Å²) in [5.41, 5.74) is 1.17. The normalized spacial score (nSPS) is 17.0. The molecule has 1 atom stereocenters. The number of piperazine rings is 1. The van der Waals surface area contributed by atoms with E-state index in [-0.39, 0.29) is 24.0 Å². The topological polar surface area (TPSA) is 43.3 Å². The summed E-state index contributed by atoms with van der Waals surface area (Å²) in [4.78, 5) is 12.0. The Labute approximate surface area is 188 Å². The number of ether oxygens (including phenoxy) is 1. The molecule has 2 rings (SSSR count). The van der Waals surface area contributed by atoms with Gasteiger partial charge < -0.3 is 24.8 Å². The fourth-order valence-electron chi connectivity index (χ4n) is 3.40. The maximum Gasteiger partial charge on any atom is 0.193 e. The van der Waals surface area contributed by atoms with Gasteiger partial charge in [-0.2, -0.15) is 0 Å². The van der Waals surface area contributed by atoms with Crippen molar-refractivity contribution in [3.63, 3.8) is 0 Å². The molecular weight excluding hydrogens is 465 g/mol. The van der Waals surface area contributed by atoms with E-state index in [1.165, 1.54) is 31.7 Å². The fourth-order valence-corrected chi connectivity index (χ4v) is 3.40. The molecule has 7 heteroatoms. The highest BCUT2D eigenvalue weighted by Crippen LogP contribution is 2.18. The Balaban J connectivity index is 0.00000392. The molecule has 0 saturated carbocycles. The van der Waals surface area contributed by atoms with Crippen LogP contribution in [0, 0.1) is 5.92 Å². The average molecular weight is 503 g/mol. The van der Waals surface area contributed by atoms with E-state index in [9.17, 15) is 0 Å². The van der Waals surface area contributed by atoms with Crippen LogP contribution in [0.15, 0.2) is 29.3 Å². The van der Waals surface area contributed by atoms with Crippen LogP contribution in [0.2, 0.25) is 0 Å². The second-order valence-electron chi connectivity index (χ2n) is 7.57. The number of nitrogens with zero attached hydrogens (tertiary/aromatic N) is 4. The Morgan fingerprint density at radius 1 is 1.25 bits per heavy atom. The third kappa shape index (κ3) is 8.13. The Morgan fingerprint density at radius 3 is 2.57 bits per heavy atom. The van der Waals surface area contributed by atoms with Crippen molar-refractivity contribution in [3.05, 3.63) is 29.8 Å². The first-order valence-corrected chi connectivity index (χ1v) is 10.1. The molecule has 0 bridgehead atoms. The third-order valence-corrected chi connectivity index (χ3v) is 5.01. The van der Waals surface area contributed by atoms with E-state index in [0.717, 1.165) is 37.9 Å². The number of rotatable bonds is 8. The summed E-state index contributed by atoms with van der Waals surface area (Å²) in [5.74, 6) is 2.42. The number of likely N-dealkylation sites (N-methyl/N-ethyl adjacent to an activating group) is 1. The number of aliphatic imine (C=N–C) groups is 1. The highest BCUT2D eigenvalue weighted by Gasteiger charge is 2.16. The maximum absolute atomic E-state index is 5.48. The molecule has 1 fully saturated rings. The molecular formula is C21H38IN5O. The summed E-state index contributed by atoms with van der Waals surface area (Å²) in [5, 5.41) is 3.42. The Morgan fingerprint density at radius 2 is 1.93 bits per heavy atom. The van der Waals surface area contributed by atoms with Gasteiger partial charge in [0.25, 0.3) is 0 Å². The minimum atomic E-state index is 0. The Bertz CT molecular complexity index is 590. The zero-order valence-electron chi connectivity index (χ0n) is 18.1. The summed E-state index contributed by atoms with van der Waals surface area (Å²) in [6.45, 7) is 12.7. The lowest BCUT2D eigenvalue weighted by Gasteiger charge is -2.33. The zero-order chi connectivity index (χ0) is 19.6. The molecule has 0 amide bonds. The molecule has 0 aromatic heterocycles. The van der Waals surface area contributed by atoms with Crippen molar-refractivity contribution < 1.29 is 4.74 Å². The van der Waals surface area contributed by atoms with E-state index in [0.29, 0.717) is 5.92 Å². The van der Waals surface area contributed by atoms with Gasteiger partial charge in [0.2, 0.25) is 0 Å². The lowest BCUT2D eigenvalue weighted by atomic mass is 10.1. The van der Waals surface area contributed by atoms with E-state index < -0.39 is 0 Å². The summed E-state index contributed by atoms with van der Waals surface area (Å²) in [6.07, 6.45) is 0. The van der Waals surface area contributed by atoms with Gasteiger partial charge in [0, 0.05) is 65.0 Å². The Hall–Kier alpha value is -1.06. The molecule has 1 unspecified atom stereocenters. The molecule has 0 radical (unpaired) electrons. The van der Waals surface area contributed by atoms with Crippen molar-refractivity contribution >= 4 is 29.9 Å². The second kappa shape index (κ2) is 13.2. The first-order chi connectivity index (χ1) is 13.0. The molecule has 6 nitrogen and oxygen atoms in total. The minimum absolute atomic E-state index is 0. The lowest BCUT2D eigenvalue weighted by molar-refractivity contribution is 0.140. The third-order valence-electron chi connectivity index (χ3n) is 5.01. The van der Waals surface area contributed by atoms with Crippen molar-refractivity contribution in [2.45, 2.75) is 20.4 Å². The largest absolute Gasteiger partial charge is 0.496 e. The van der Waals surface area contributed by atoms with Crippen LogP contribution in [0.3, 0.4) is 0 Å². The first-order valence-electron chi connectivity index (χ1n) is 10.1. The molecule has 1 aliphatic rings. The molecule has 1 saturated heterocycles. The van der Waals surface area contributed by atoms with Gasteiger partial charge >= 0.3 is 0 Å². The number of guanidine groups is 1. The highest BCUT2D eigenvalue weighted by molar-refractivity contribution is 14.0. The van der Waals surface area contributed by atoms with E-state index in [1.54, 1.807) is 7.11 Å². The van der Waals surface area contributed by atoms with Crippen LogP contribution in [0.25, 0.3) is 0 Å². The van der Waals surface area contributed by atoms with E-state index in [2.05, 4.69) is 54.0 Å². The zero-order valence-corrected chi connectivity index (χ0v) is 20.5. The standard InChI is InChI=1S/C21H37N5O.HI/c1-6-22-21(25(4)17-19-9-7-8-10-20(19)27-5)23-15-18(2)16-26-13-11-24(3)12-14-26;/h7-10,18H,6,11-17H2,1-5H3,(H,22,23);1H. The molecule has 28 heavy (non-hydrogen) atoms. The fraction of sp³-hybridized carbons (Fsp3) is 0.667. The molecule has 1 heterocycles. The summed E-state index contributed by atoms with van der Waals surface area (Å²) >= 11 is 0. The molecule has 0 aliphatic carbocycles. The summed E-state index contributed by atoms with van der Waals surface area (Å²) in [7, 11) is 6.00. The number of para-hydroxylation sites is 1. The van der Waals surface area contributed by atoms with Crippen molar-refractivity contribution in [1.82, 2.24) is 20.0 Å². The molecule has 1 aromatic rings. The minimum Gasteiger partial charge on any atom is -0.496 e. The lowest BCUT2D eigenvalue weighted by Crippen LogP contribution is -2.46.